The summed E-state index contributed by atoms with van der Waals surface area (Å²) in [5, 5.41) is 4.54. The molecule has 4 heteroatoms. The van der Waals surface area contributed by atoms with Crippen LogP contribution >= 0.6 is 0 Å². The highest BCUT2D eigenvalue weighted by molar-refractivity contribution is 6.99. The Kier molecular flexibility index (Phi) is 5.79. The van der Waals surface area contributed by atoms with E-state index < -0.39 is 5.41 Å². The van der Waals surface area contributed by atoms with Gasteiger partial charge < -0.3 is 0 Å². The Morgan fingerprint density at radius 1 is 0.429 bits per heavy atom. The van der Waals surface area contributed by atoms with Crippen molar-refractivity contribution >= 4 is 73.4 Å². The van der Waals surface area contributed by atoms with Gasteiger partial charge in [-0.15, -0.1) is 0 Å². The lowest BCUT2D eigenvalue weighted by molar-refractivity contribution is 0.255. The summed E-state index contributed by atoms with van der Waals surface area (Å²) >= 11 is 0. The van der Waals surface area contributed by atoms with Gasteiger partial charge in [0, 0.05) is 16.6 Å². The normalized spacial score (nSPS) is 14.9. The van der Waals surface area contributed by atoms with Crippen LogP contribution in [0, 0.1) is 0 Å². The van der Waals surface area contributed by atoms with Crippen molar-refractivity contribution in [1.29, 1.82) is 0 Å². The molecule has 4 aliphatic rings. The summed E-state index contributed by atoms with van der Waals surface area (Å²) in [4.78, 5) is 20.0. The van der Waals surface area contributed by atoms with Gasteiger partial charge in [-0.3, -0.25) is 9.80 Å². The smallest absolute Gasteiger partial charge is 0.263 e. The highest BCUT2D eigenvalue weighted by Gasteiger charge is 2.53. The van der Waals surface area contributed by atoms with E-state index in [1.165, 1.54) is 49.8 Å². The minimum Gasteiger partial charge on any atom is -0.263 e. The fraction of sp³-hybridized carbons (Fsp3) is 0.0192. The van der Waals surface area contributed by atoms with E-state index in [0.29, 0.717) is 0 Å². The standard InChI is InChI=1S/C52H31BN2O/c56-51-54(45-27-13-25-42-48(45)38-21-8-11-24-41(38)52(42)39-22-9-6-19-36(39)37-20-7-10-23-40(37)52)44-26-12-15-33-28-30-43-50(47(33)44)55(51)46-31-29-32-14-4-5-18-35(32)49(46)53(43)34-16-2-1-3-17-34/h1-31H. The molecular weight excluding hydrogens is 679 g/mol. The summed E-state index contributed by atoms with van der Waals surface area (Å²) in [5.74, 6) is 0. The predicted octanol–water partition coefficient (Wildman–Crippen LogP) is 10.6. The summed E-state index contributed by atoms with van der Waals surface area (Å²) in [6, 6.07) is 67.8. The second kappa shape index (κ2) is 10.7. The number of anilines is 4. The molecule has 1 spiro atoms. The fourth-order valence-electron chi connectivity index (χ4n) is 11.0. The minimum atomic E-state index is -0.509. The van der Waals surface area contributed by atoms with E-state index in [0.717, 1.165) is 55.4 Å². The van der Waals surface area contributed by atoms with Gasteiger partial charge in [0.25, 0.3) is 0 Å². The van der Waals surface area contributed by atoms with Gasteiger partial charge in [-0.2, -0.15) is 0 Å². The summed E-state index contributed by atoms with van der Waals surface area (Å²) in [6.45, 7) is -0.0458. The van der Waals surface area contributed by atoms with Crippen LogP contribution in [0.15, 0.2) is 188 Å². The minimum absolute atomic E-state index is 0.0458. The van der Waals surface area contributed by atoms with Crippen LogP contribution < -0.4 is 26.2 Å². The average Bonchev–Trinajstić information content (AvgIpc) is 3.73. The highest BCUT2D eigenvalue weighted by atomic mass is 16.2. The van der Waals surface area contributed by atoms with Crippen molar-refractivity contribution in [3.8, 4) is 22.3 Å². The zero-order valence-electron chi connectivity index (χ0n) is 30.3. The Bertz CT molecular complexity index is 3160. The molecule has 13 rings (SSSR count). The number of hydrogen-bond acceptors (Lipinski definition) is 1. The van der Waals surface area contributed by atoms with Gasteiger partial charge in [0.05, 0.1) is 22.5 Å². The number of amides is 2. The van der Waals surface area contributed by atoms with Crippen LogP contribution in [0.3, 0.4) is 0 Å². The highest BCUT2D eigenvalue weighted by Crippen LogP contribution is 2.64. The molecule has 0 atom stereocenters. The van der Waals surface area contributed by atoms with Gasteiger partial charge in [0.1, 0.15) is 0 Å². The van der Waals surface area contributed by atoms with E-state index in [9.17, 15) is 0 Å². The van der Waals surface area contributed by atoms with E-state index in [-0.39, 0.29) is 12.7 Å². The Morgan fingerprint density at radius 2 is 1.02 bits per heavy atom. The molecule has 9 aromatic carbocycles. The van der Waals surface area contributed by atoms with Crippen LogP contribution in [0.5, 0.6) is 0 Å². The number of benzene rings is 9. The van der Waals surface area contributed by atoms with E-state index in [1.54, 1.807) is 0 Å². The Labute approximate surface area is 324 Å². The number of carbonyl (C=O) groups excluding carboxylic acids is 1. The molecule has 0 unspecified atom stereocenters. The molecule has 0 saturated heterocycles. The number of rotatable bonds is 2. The molecule has 0 saturated carbocycles. The maximum atomic E-state index is 16.0. The summed E-state index contributed by atoms with van der Waals surface area (Å²) in [7, 11) is 0. The van der Waals surface area contributed by atoms with E-state index in [1.807, 2.05) is 9.80 Å². The largest absolute Gasteiger partial charge is 0.338 e. The Hall–Kier alpha value is -7.17. The van der Waals surface area contributed by atoms with Crippen molar-refractivity contribution in [1.82, 2.24) is 0 Å². The molecule has 2 aliphatic carbocycles. The maximum absolute atomic E-state index is 16.0. The molecule has 258 valence electrons. The number of carbonyl (C=O) groups is 1. The van der Waals surface area contributed by atoms with Crippen LogP contribution in [-0.4, -0.2) is 12.7 Å². The molecule has 56 heavy (non-hydrogen) atoms. The molecule has 3 nitrogen and oxygen atoms in total. The second-order valence-electron chi connectivity index (χ2n) is 15.5. The molecule has 0 N–H and O–H groups in total. The zero-order valence-corrected chi connectivity index (χ0v) is 30.3. The van der Waals surface area contributed by atoms with Crippen LogP contribution in [0.1, 0.15) is 22.3 Å². The maximum Gasteiger partial charge on any atom is 0.338 e. The fourth-order valence-corrected chi connectivity index (χ4v) is 11.0. The lowest BCUT2D eigenvalue weighted by Gasteiger charge is -2.43. The summed E-state index contributed by atoms with van der Waals surface area (Å²) in [6.07, 6.45) is 0. The average molecular weight is 711 g/mol. The number of hydrogen-bond donors (Lipinski definition) is 0. The van der Waals surface area contributed by atoms with Crippen molar-refractivity contribution in [2.24, 2.45) is 0 Å². The van der Waals surface area contributed by atoms with Crippen LogP contribution in [0.25, 0.3) is 43.8 Å². The Balaban J connectivity index is 1.13. The van der Waals surface area contributed by atoms with Gasteiger partial charge in [0.15, 0.2) is 0 Å². The molecule has 2 amide bonds. The van der Waals surface area contributed by atoms with Gasteiger partial charge in [-0.1, -0.05) is 175 Å². The first-order valence-electron chi connectivity index (χ1n) is 19.4. The van der Waals surface area contributed by atoms with Gasteiger partial charge in [0.2, 0.25) is 6.71 Å². The zero-order chi connectivity index (χ0) is 36.7. The first kappa shape index (κ1) is 30.2. The van der Waals surface area contributed by atoms with Crippen molar-refractivity contribution < 1.29 is 4.79 Å². The predicted molar refractivity (Wildman–Crippen MR) is 231 cm³/mol. The van der Waals surface area contributed by atoms with Crippen LogP contribution in [0.4, 0.5) is 27.5 Å². The van der Waals surface area contributed by atoms with Crippen LogP contribution in [-0.2, 0) is 5.41 Å². The molecule has 0 bridgehead atoms. The molecule has 2 aliphatic heterocycles. The first-order chi connectivity index (χ1) is 27.7. The van der Waals surface area contributed by atoms with E-state index >= 15 is 4.79 Å². The van der Waals surface area contributed by atoms with E-state index in [4.69, 9.17) is 0 Å². The van der Waals surface area contributed by atoms with Crippen molar-refractivity contribution in [2.75, 3.05) is 9.80 Å². The summed E-state index contributed by atoms with van der Waals surface area (Å²) < 4.78 is 0. The quantitative estimate of drug-likeness (QED) is 0.164. The SMILES string of the molecule is O=C1N(c2cccc3c2-c2ccccc2C32c3ccccc3-c3ccccc32)c2cccc3ccc4c(c23)N1c1ccc2ccccc2c1B4c1ccccc1. The third-order valence-electron chi connectivity index (χ3n) is 13.0. The van der Waals surface area contributed by atoms with Crippen molar-refractivity contribution in [2.45, 2.75) is 5.41 Å². The van der Waals surface area contributed by atoms with Gasteiger partial charge >= 0.3 is 6.03 Å². The molecule has 2 heterocycles. The molecule has 0 fully saturated rings. The molecule has 0 radical (unpaired) electrons. The summed E-state index contributed by atoms with van der Waals surface area (Å²) in [5.41, 5.74) is 16.6. The lowest BCUT2D eigenvalue weighted by atomic mass is 9.34. The van der Waals surface area contributed by atoms with Crippen molar-refractivity contribution in [3.63, 3.8) is 0 Å². The topological polar surface area (TPSA) is 23.6 Å². The van der Waals surface area contributed by atoms with Crippen LogP contribution in [0.2, 0.25) is 0 Å². The molecule has 9 aromatic rings. The first-order valence-corrected chi connectivity index (χ1v) is 19.4. The van der Waals surface area contributed by atoms with Crippen molar-refractivity contribution in [3.05, 3.63) is 210 Å². The third kappa shape index (κ3) is 3.53. The van der Waals surface area contributed by atoms with Gasteiger partial charge in [-0.05, 0) is 84.2 Å². The monoisotopic (exact) mass is 710 g/mol. The molecular formula is C52H31BN2O. The second-order valence-corrected chi connectivity index (χ2v) is 15.5. The third-order valence-corrected chi connectivity index (χ3v) is 13.0. The van der Waals surface area contributed by atoms with E-state index in [2.05, 4.69) is 188 Å². The lowest BCUT2D eigenvalue weighted by Crippen LogP contribution is -2.60. The number of fused-ring (bicyclic) bond motifs is 14. The molecule has 0 aromatic heterocycles. The van der Waals surface area contributed by atoms with Gasteiger partial charge in [-0.25, -0.2) is 4.79 Å². The number of urea groups is 1. The Morgan fingerprint density at radius 3 is 1.80 bits per heavy atom. The number of nitrogens with zero attached hydrogens (tertiary/aromatic N) is 2.